The Morgan fingerprint density at radius 3 is 2.33 bits per heavy atom. The van der Waals surface area contributed by atoms with Gasteiger partial charge in [0, 0.05) is 12.2 Å². The molecule has 2 rings (SSSR count). The lowest BCUT2D eigenvalue weighted by Crippen LogP contribution is -2.11. The summed E-state index contributed by atoms with van der Waals surface area (Å²) < 4.78 is 38.8. The van der Waals surface area contributed by atoms with E-state index in [1.54, 1.807) is 0 Å². The van der Waals surface area contributed by atoms with E-state index < -0.39 is 11.7 Å². The highest BCUT2D eigenvalue weighted by Gasteiger charge is 2.33. The normalized spacial score (nSPS) is 11.0. The Morgan fingerprint density at radius 2 is 1.76 bits per heavy atom. The molecular formula is C16H13F3N2. The molecule has 0 aliphatic heterocycles. The Morgan fingerprint density at radius 1 is 1.10 bits per heavy atom. The molecule has 0 aliphatic rings. The predicted octanol–water partition coefficient (Wildman–Crippen LogP) is 4.50. The molecule has 0 unspecified atom stereocenters. The molecule has 21 heavy (non-hydrogen) atoms. The predicted molar refractivity (Wildman–Crippen MR) is 74.7 cm³/mol. The van der Waals surface area contributed by atoms with Crippen molar-refractivity contribution < 1.29 is 13.2 Å². The lowest BCUT2D eigenvalue weighted by atomic mass is 10.1. The van der Waals surface area contributed by atoms with E-state index in [9.17, 15) is 13.2 Å². The van der Waals surface area contributed by atoms with Gasteiger partial charge >= 0.3 is 6.18 Å². The van der Waals surface area contributed by atoms with E-state index in [0.717, 1.165) is 17.2 Å². The lowest BCUT2D eigenvalue weighted by Gasteiger charge is -2.15. The van der Waals surface area contributed by atoms with Crippen LogP contribution in [0.4, 0.5) is 18.9 Å². The molecule has 0 radical (unpaired) electrons. The van der Waals surface area contributed by atoms with E-state index in [2.05, 4.69) is 5.32 Å². The second kappa shape index (κ2) is 5.88. The van der Waals surface area contributed by atoms with Crippen LogP contribution < -0.4 is 5.32 Å². The standard InChI is InChI=1S/C16H13F3N2/c1-11-2-4-12(5-3-11)10-21-15-8-13(9-20)6-7-14(15)16(17,18)19/h2-8,21H,10H2,1H3. The molecule has 0 fully saturated rings. The van der Waals surface area contributed by atoms with Gasteiger partial charge in [0.25, 0.3) is 0 Å². The average Bonchev–Trinajstić information content (AvgIpc) is 2.45. The molecule has 2 aromatic carbocycles. The average molecular weight is 290 g/mol. The van der Waals surface area contributed by atoms with Crippen molar-refractivity contribution in [1.29, 1.82) is 5.26 Å². The van der Waals surface area contributed by atoms with Gasteiger partial charge in [-0.1, -0.05) is 29.8 Å². The molecule has 0 spiro atoms. The minimum atomic E-state index is -4.45. The van der Waals surface area contributed by atoms with E-state index in [4.69, 9.17) is 5.26 Å². The zero-order valence-electron chi connectivity index (χ0n) is 11.3. The molecule has 2 nitrogen and oxygen atoms in total. The van der Waals surface area contributed by atoms with Crippen LogP contribution in [0.1, 0.15) is 22.3 Å². The van der Waals surface area contributed by atoms with E-state index in [0.29, 0.717) is 0 Å². The van der Waals surface area contributed by atoms with Gasteiger partial charge in [0.1, 0.15) is 0 Å². The Labute approximate surface area is 120 Å². The topological polar surface area (TPSA) is 35.8 Å². The number of nitriles is 1. The number of rotatable bonds is 3. The Bertz CT molecular complexity index is 667. The summed E-state index contributed by atoms with van der Waals surface area (Å²) in [6, 6.07) is 12.7. The van der Waals surface area contributed by atoms with Gasteiger partial charge in [-0.2, -0.15) is 18.4 Å². The number of alkyl halides is 3. The van der Waals surface area contributed by atoms with Crippen molar-refractivity contribution in [3.63, 3.8) is 0 Å². The molecule has 0 aromatic heterocycles. The zero-order valence-corrected chi connectivity index (χ0v) is 11.3. The number of nitrogens with one attached hydrogen (secondary N) is 1. The molecule has 0 amide bonds. The van der Waals surface area contributed by atoms with Crippen LogP contribution in [0.25, 0.3) is 0 Å². The van der Waals surface area contributed by atoms with E-state index in [1.807, 2.05) is 37.3 Å². The maximum absolute atomic E-state index is 12.9. The molecule has 0 saturated carbocycles. The molecule has 1 N–H and O–H groups in total. The molecule has 0 bridgehead atoms. The van der Waals surface area contributed by atoms with Crippen molar-refractivity contribution in [1.82, 2.24) is 0 Å². The summed E-state index contributed by atoms with van der Waals surface area (Å²) in [5, 5.41) is 11.6. The Balaban J connectivity index is 2.25. The molecule has 0 heterocycles. The fraction of sp³-hybridized carbons (Fsp3) is 0.188. The van der Waals surface area contributed by atoms with Crippen molar-refractivity contribution in [3.05, 3.63) is 64.7 Å². The first-order valence-electron chi connectivity index (χ1n) is 6.31. The molecule has 0 aliphatic carbocycles. The van der Waals surface area contributed by atoms with Gasteiger partial charge in [-0.05, 0) is 30.7 Å². The Kier molecular flexibility index (Phi) is 4.18. The molecule has 0 saturated heterocycles. The molecule has 2 aromatic rings. The fourth-order valence-electron chi connectivity index (χ4n) is 1.91. The molecule has 108 valence electrons. The van der Waals surface area contributed by atoms with Crippen molar-refractivity contribution in [2.24, 2.45) is 0 Å². The van der Waals surface area contributed by atoms with Crippen molar-refractivity contribution in [2.45, 2.75) is 19.6 Å². The van der Waals surface area contributed by atoms with Gasteiger partial charge in [-0.15, -0.1) is 0 Å². The maximum Gasteiger partial charge on any atom is 0.418 e. The highest BCUT2D eigenvalue weighted by atomic mass is 19.4. The molecular weight excluding hydrogens is 277 g/mol. The number of hydrogen-bond donors (Lipinski definition) is 1. The van der Waals surface area contributed by atoms with Crippen molar-refractivity contribution in [3.8, 4) is 6.07 Å². The minimum Gasteiger partial charge on any atom is -0.380 e. The largest absolute Gasteiger partial charge is 0.418 e. The number of hydrogen-bond acceptors (Lipinski definition) is 2. The van der Waals surface area contributed by atoms with Gasteiger partial charge in [0.2, 0.25) is 0 Å². The summed E-state index contributed by atoms with van der Waals surface area (Å²) >= 11 is 0. The quantitative estimate of drug-likeness (QED) is 0.903. The maximum atomic E-state index is 12.9. The van der Waals surface area contributed by atoms with Crippen LogP contribution in [0, 0.1) is 18.3 Å². The summed E-state index contributed by atoms with van der Waals surface area (Å²) in [6.45, 7) is 2.20. The zero-order chi connectivity index (χ0) is 15.5. The summed E-state index contributed by atoms with van der Waals surface area (Å²) in [4.78, 5) is 0. The first-order valence-corrected chi connectivity index (χ1v) is 6.31. The van der Waals surface area contributed by atoms with Crippen LogP contribution in [0.2, 0.25) is 0 Å². The van der Waals surface area contributed by atoms with Crippen LogP contribution in [0.5, 0.6) is 0 Å². The first-order chi connectivity index (χ1) is 9.90. The number of benzene rings is 2. The highest BCUT2D eigenvalue weighted by Crippen LogP contribution is 2.35. The second-order valence-corrected chi connectivity index (χ2v) is 4.71. The van der Waals surface area contributed by atoms with Crippen molar-refractivity contribution >= 4 is 5.69 Å². The summed E-state index contributed by atoms with van der Waals surface area (Å²) in [5.41, 5.74) is 1.29. The van der Waals surface area contributed by atoms with Gasteiger partial charge < -0.3 is 5.32 Å². The third kappa shape index (κ3) is 3.76. The molecule has 5 heteroatoms. The third-order valence-corrected chi connectivity index (χ3v) is 3.06. The van der Waals surface area contributed by atoms with Gasteiger partial charge in [-0.3, -0.25) is 0 Å². The van der Waals surface area contributed by atoms with Gasteiger partial charge in [0.15, 0.2) is 0 Å². The monoisotopic (exact) mass is 290 g/mol. The number of nitrogens with zero attached hydrogens (tertiary/aromatic N) is 1. The SMILES string of the molecule is Cc1ccc(CNc2cc(C#N)ccc2C(F)(F)F)cc1. The van der Waals surface area contributed by atoms with Crippen LogP contribution in [0.3, 0.4) is 0 Å². The smallest absolute Gasteiger partial charge is 0.380 e. The lowest BCUT2D eigenvalue weighted by molar-refractivity contribution is -0.137. The van der Waals surface area contributed by atoms with Crippen LogP contribution >= 0.6 is 0 Å². The Hall–Kier alpha value is -2.48. The van der Waals surface area contributed by atoms with Crippen LogP contribution in [-0.4, -0.2) is 0 Å². The number of halogens is 3. The summed E-state index contributed by atoms with van der Waals surface area (Å²) in [5.74, 6) is 0. The van der Waals surface area contributed by atoms with E-state index in [-0.39, 0.29) is 17.8 Å². The first kappa shape index (κ1) is 14.9. The van der Waals surface area contributed by atoms with Crippen molar-refractivity contribution in [2.75, 3.05) is 5.32 Å². The van der Waals surface area contributed by atoms with E-state index >= 15 is 0 Å². The highest BCUT2D eigenvalue weighted by molar-refractivity contribution is 5.57. The van der Waals surface area contributed by atoms with Crippen LogP contribution in [-0.2, 0) is 12.7 Å². The van der Waals surface area contributed by atoms with Crippen LogP contribution in [0.15, 0.2) is 42.5 Å². The molecule has 0 atom stereocenters. The summed E-state index contributed by atoms with van der Waals surface area (Å²) in [6.07, 6.45) is -4.45. The van der Waals surface area contributed by atoms with Gasteiger partial charge in [0.05, 0.1) is 17.2 Å². The third-order valence-electron chi connectivity index (χ3n) is 3.06. The summed E-state index contributed by atoms with van der Waals surface area (Å²) in [7, 11) is 0. The number of anilines is 1. The van der Waals surface area contributed by atoms with Gasteiger partial charge in [-0.25, -0.2) is 0 Å². The second-order valence-electron chi connectivity index (χ2n) is 4.71. The number of aryl methyl sites for hydroxylation is 1. The van der Waals surface area contributed by atoms with E-state index in [1.165, 1.54) is 12.1 Å². The minimum absolute atomic E-state index is 0.0814. The fourth-order valence-corrected chi connectivity index (χ4v) is 1.91.